The fourth-order valence-corrected chi connectivity index (χ4v) is 6.00. The highest BCUT2D eigenvalue weighted by atomic mass is 32.2. The topological polar surface area (TPSA) is 91.6 Å². The molecule has 8 heteroatoms. The highest BCUT2D eigenvalue weighted by Gasteiger charge is 2.27. The van der Waals surface area contributed by atoms with Gasteiger partial charge in [-0.15, -0.1) is 11.3 Å². The van der Waals surface area contributed by atoms with E-state index in [4.69, 9.17) is 0 Å². The van der Waals surface area contributed by atoms with Gasteiger partial charge in [-0.25, -0.2) is 13.1 Å². The zero-order valence-corrected chi connectivity index (χ0v) is 19.8. The molecule has 2 aromatic carbocycles. The third kappa shape index (κ3) is 5.36. The van der Waals surface area contributed by atoms with Gasteiger partial charge in [0.25, 0.3) is 10.0 Å². The molecule has 170 valence electrons. The molecule has 0 amide bonds. The molecule has 4 rings (SSSR count). The summed E-state index contributed by atoms with van der Waals surface area (Å²) in [5.41, 5.74) is 3.79. The smallest absolute Gasteiger partial charge is 0.250 e. The molecule has 4 aromatic rings. The molecule has 0 saturated heterocycles. The van der Waals surface area contributed by atoms with Crippen LogP contribution in [0.15, 0.2) is 71.1 Å². The van der Waals surface area contributed by atoms with Gasteiger partial charge in [0.2, 0.25) is 0 Å². The number of aryl methyl sites for hydroxylation is 2. The van der Waals surface area contributed by atoms with Gasteiger partial charge in [0, 0.05) is 29.7 Å². The van der Waals surface area contributed by atoms with Crippen LogP contribution in [0.25, 0.3) is 10.9 Å². The molecule has 0 fully saturated rings. The van der Waals surface area contributed by atoms with Crippen LogP contribution in [0, 0.1) is 18.8 Å². The zero-order valence-electron chi connectivity index (χ0n) is 18.2. The van der Waals surface area contributed by atoms with Crippen molar-refractivity contribution in [2.45, 2.75) is 29.9 Å². The Kier molecular flexibility index (Phi) is 6.70. The summed E-state index contributed by atoms with van der Waals surface area (Å²) >= 11 is 1.04. The van der Waals surface area contributed by atoms with Crippen LogP contribution in [0.5, 0.6) is 0 Å². The number of nitrogens with one attached hydrogen (secondary N) is 1. The van der Waals surface area contributed by atoms with Crippen molar-refractivity contribution in [2.24, 2.45) is 7.05 Å². The standard InChI is InChI=1S/C25H24N2O4S2/c1-17-7-9-18(10-8-17)11-12-20-13-14-24(32-20)33(30,31)26-22(25(28)29)15-19-16-27(2)23-6-4-3-5-21(19)23/h3-10,13-14,16,22,25-26,28-29H,15H2,1-2H3. The Morgan fingerprint density at radius 2 is 1.76 bits per heavy atom. The highest BCUT2D eigenvalue weighted by Crippen LogP contribution is 2.24. The predicted octanol–water partition coefficient (Wildman–Crippen LogP) is 3.15. The maximum atomic E-state index is 13.0. The van der Waals surface area contributed by atoms with Crippen molar-refractivity contribution in [1.82, 2.24) is 9.29 Å². The summed E-state index contributed by atoms with van der Waals surface area (Å²) in [7, 11) is -2.07. The van der Waals surface area contributed by atoms with Gasteiger partial charge >= 0.3 is 0 Å². The van der Waals surface area contributed by atoms with Gasteiger partial charge in [-0.1, -0.05) is 47.7 Å². The minimum absolute atomic E-state index is 0.0688. The first-order valence-electron chi connectivity index (χ1n) is 10.3. The number of aliphatic hydroxyl groups is 2. The van der Waals surface area contributed by atoms with E-state index in [0.29, 0.717) is 4.88 Å². The fraction of sp³-hybridized carbons (Fsp3) is 0.200. The van der Waals surface area contributed by atoms with Crippen molar-refractivity contribution < 1.29 is 18.6 Å². The van der Waals surface area contributed by atoms with Crippen LogP contribution in [-0.4, -0.2) is 35.5 Å². The quantitative estimate of drug-likeness (QED) is 0.292. The van der Waals surface area contributed by atoms with Crippen molar-refractivity contribution >= 4 is 32.3 Å². The average molecular weight is 481 g/mol. The maximum absolute atomic E-state index is 13.0. The number of nitrogens with zero attached hydrogens (tertiary/aromatic N) is 1. The SMILES string of the molecule is Cc1ccc(C#Cc2ccc(S(=O)(=O)NC(Cc3cn(C)c4ccccc34)C(O)O)s2)cc1. The van der Waals surface area contributed by atoms with Crippen molar-refractivity contribution in [3.05, 3.63) is 88.4 Å². The predicted molar refractivity (Wildman–Crippen MR) is 130 cm³/mol. The Balaban J connectivity index is 1.53. The van der Waals surface area contributed by atoms with E-state index in [-0.39, 0.29) is 10.6 Å². The number of hydrogen-bond acceptors (Lipinski definition) is 5. The van der Waals surface area contributed by atoms with Crippen molar-refractivity contribution in [3.8, 4) is 11.8 Å². The van der Waals surface area contributed by atoms with Crippen LogP contribution in [0.4, 0.5) is 0 Å². The lowest BCUT2D eigenvalue weighted by molar-refractivity contribution is -0.0615. The minimum Gasteiger partial charge on any atom is -0.367 e. The zero-order chi connectivity index (χ0) is 23.6. The minimum atomic E-state index is -3.96. The molecule has 0 saturated carbocycles. The number of sulfonamides is 1. The largest absolute Gasteiger partial charge is 0.367 e. The molecule has 0 aliphatic rings. The Morgan fingerprint density at radius 3 is 2.48 bits per heavy atom. The number of rotatable bonds is 6. The van der Waals surface area contributed by atoms with E-state index in [0.717, 1.165) is 38.9 Å². The summed E-state index contributed by atoms with van der Waals surface area (Å²) in [6.45, 7) is 2.00. The normalized spacial score (nSPS) is 12.6. The second-order valence-corrected chi connectivity index (χ2v) is 10.9. The molecule has 0 radical (unpaired) electrons. The first kappa shape index (κ1) is 23.2. The average Bonchev–Trinajstić information content (AvgIpc) is 3.39. The summed E-state index contributed by atoms with van der Waals surface area (Å²) in [6.07, 6.45) is 0.140. The number of para-hydroxylation sites is 1. The van der Waals surface area contributed by atoms with Gasteiger partial charge in [0.05, 0.1) is 10.9 Å². The van der Waals surface area contributed by atoms with Crippen LogP contribution in [0.2, 0.25) is 0 Å². The van der Waals surface area contributed by atoms with Crippen LogP contribution in [-0.2, 0) is 23.5 Å². The summed E-state index contributed by atoms with van der Waals surface area (Å²) in [6, 6.07) is 17.5. The molecule has 1 atom stereocenters. The Morgan fingerprint density at radius 1 is 1.03 bits per heavy atom. The molecule has 1 unspecified atom stereocenters. The van der Waals surface area contributed by atoms with Crippen LogP contribution in [0.3, 0.4) is 0 Å². The second-order valence-electron chi connectivity index (χ2n) is 7.86. The first-order chi connectivity index (χ1) is 15.7. The Labute approximate surface area is 197 Å². The summed E-state index contributed by atoms with van der Waals surface area (Å²) in [5.74, 6) is 6.01. The Hall–Kier alpha value is -2.93. The van der Waals surface area contributed by atoms with Crippen LogP contribution < -0.4 is 4.72 Å². The number of benzene rings is 2. The number of thiophene rings is 1. The van der Waals surface area contributed by atoms with E-state index in [1.54, 1.807) is 6.07 Å². The van der Waals surface area contributed by atoms with E-state index in [1.807, 2.05) is 73.3 Å². The highest BCUT2D eigenvalue weighted by molar-refractivity contribution is 7.91. The summed E-state index contributed by atoms with van der Waals surface area (Å²) in [5, 5.41) is 20.7. The van der Waals surface area contributed by atoms with E-state index in [9.17, 15) is 18.6 Å². The van der Waals surface area contributed by atoms with Gasteiger partial charge in [0.15, 0.2) is 6.29 Å². The molecule has 0 aliphatic carbocycles. The van der Waals surface area contributed by atoms with E-state index in [2.05, 4.69) is 16.6 Å². The number of fused-ring (bicyclic) bond motifs is 1. The second kappa shape index (κ2) is 9.51. The lowest BCUT2D eigenvalue weighted by Crippen LogP contribution is -2.44. The molecule has 33 heavy (non-hydrogen) atoms. The van der Waals surface area contributed by atoms with Crippen LogP contribution in [0.1, 0.15) is 21.6 Å². The fourth-order valence-electron chi connectivity index (χ4n) is 3.59. The summed E-state index contributed by atoms with van der Waals surface area (Å²) in [4.78, 5) is 0.603. The van der Waals surface area contributed by atoms with Gasteiger partial charge in [0.1, 0.15) is 4.21 Å². The van der Waals surface area contributed by atoms with Crippen molar-refractivity contribution in [1.29, 1.82) is 0 Å². The number of aromatic nitrogens is 1. The van der Waals surface area contributed by atoms with Crippen molar-refractivity contribution in [2.75, 3.05) is 0 Å². The molecule has 2 aromatic heterocycles. The number of aliphatic hydroxyl groups excluding tert-OH is 1. The van der Waals surface area contributed by atoms with Gasteiger partial charge < -0.3 is 14.8 Å². The van der Waals surface area contributed by atoms with E-state index in [1.165, 1.54) is 6.07 Å². The molecule has 2 heterocycles. The molecule has 0 aliphatic heterocycles. The van der Waals surface area contributed by atoms with E-state index >= 15 is 0 Å². The van der Waals surface area contributed by atoms with Crippen LogP contribution >= 0.6 is 11.3 Å². The molecular formula is C25H24N2O4S2. The third-order valence-electron chi connectivity index (χ3n) is 5.31. The summed E-state index contributed by atoms with van der Waals surface area (Å²) < 4.78 is 30.4. The molecule has 0 spiro atoms. The molecule has 0 bridgehead atoms. The lowest BCUT2D eigenvalue weighted by atomic mass is 10.1. The van der Waals surface area contributed by atoms with Gasteiger partial charge in [-0.3, -0.25) is 0 Å². The lowest BCUT2D eigenvalue weighted by Gasteiger charge is -2.19. The van der Waals surface area contributed by atoms with Gasteiger partial charge in [-0.2, -0.15) is 0 Å². The third-order valence-corrected chi connectivity index (χ3v) is 8.30. The monoisotopic (exact) mass is 480 g/mol. The number of hydrogen-bond donors (Lipinski definition) is 3. The first-order valence-corrected chi connectivity index (χ1v) is 12.6. The molecular weight excluding hydrogens is 456 g/mol. The van der Waals surface area contributed by atoms with Crippen molar-refractivity contribution in [3.63, 3.8) is 0 Å². The molecule has 3 N–H and O–H groups in total. The Bertz CT molecular complexity index is 1440. The molecule has 6 nitrogen and oxygen atoms in total. The van der Waals surface area contributed by atoms with E-state index < -0.39 is 22.4 Å². The maximum Gasteiger partial charge on any atom is 0.250 e. The van der Waals surface area contributed by atoms with Gasteiger partial charge in [-0.05, 0) is 49.2 Å².